The number of aromatic nitrogens is 2. The fourth-order valence-corrected chi connectivity index (χ4v) is 3.70. The number of anilines is 2. The Hall–Kier alpha value is -4.86. The third kappa shape index (κ3) is 7.10. The van der Waals surface area contributed by atoms with Crippen molar-refractivity contribution in [3.63, 3.8) is 0 Å². The summed E-state index contributed by atoms with van der Waals surface area (Å²) in [5.74, 6) is 1.42. The number of rotatable bonds is 8. The van der Waals surface area contributed by atoms with Gasteiger partial charge in [-0.05, 0) is 37.1 Å². The fraction of sp³-hybridized carbons (Fsp3) is 0.214. The van der Waals surface area contributed by atoms with Crippen LogP contribution in [0.25, 0.3) is 0 Å². The lowest BCUT2D eigenvalue weighted by Gasteiger charge is -2.26. The van der Waals surface area contributed by atoms with E-state index < -0.39 is 9.85 Å². The van der Waals surface area contributed by atoms with Crippen molar-refractivity contribution in [1.29, 1.82) is 0 Å². The van der Waals surface area contributed by atoms with Crippen LogP contribution in [0, 0.1) is 20.2 Å². The molecule has 0 saturated carbocycles. The van der Waals surface area contributed by atoms with Crippen molar-refractivity contribution in [2.75, 3.05) is 23.9 Å². The van der Waals surface area contributed by atoms with Crippen LogP contribution >= 0.6 is 0 Å². The zero-order valence-electron chi connectivity index (χ0n) is 21.7. The smallest absolute Gasteiger partial charge is 0.287 e. The molecule has 0 spiro atoms. The first-order valence-electron chi connectivity index (χ1n) is 12.0. The minimum absolute atomic E-state index is 0.00418. The minimum Gasteiger partial charge on any atom is -0.353 e. The average molecular weight is 515 g/mol. The van der Waals surface area contributed by atoms with Gasteiger partial charge in [0.15, 0.2) is 0 Å². The molecular formula is C28H30N6O4. The van der Waals surface area contributed by atoms with Crippen LogP contribution in [0.15, 0.2) is 97.3 Å². The van der Waals surface area contributed by atoms with Gasteiger partial charge in [0, 0.05) is 26.2 Å². The summed E-state index contributed by atoms with van der Waals surface area (Å²) in [6, 6.07) is 26.7. The topological polar surface area (TPSA) is 119 Å². The first-order chi connectivity index (χ1) is 18.2. The molecule has 0 saturated heterocycles. The lowest BCUT2D eigenvalue weighted by molar-refractivity contribution is -0.385. The molecule has 2 aromatic heterocycles. The quantitative estimate of drug-likeness (QED) is 0.196. The van der Waals surface area contributed by atoms with Crippen molar-refractivity contribution >= 4 is 23.0 Å². The van der Waals surface area contributed by atoms with E-state index in [4.69, 9.17) is 0 Å². The van der Waals surface area contributed by atoms with E-state index in [0.29, 0.717) is 11.6 Å². The predicted molar refractivity (Wildman–Crippen MR) is 148 cm³/mol. The molecule has 0 amide bonds. The monoisotopic (exact) mass is 514 g/mol. The number of nitro groups is 2. The van der Waals surface area contributed by atoms with E-state index in [2.05, 4.69) is 23.8 Å². The van der Waals surface area contributed by atoms with Crippen LogP contribution in [0.4, 0.5) is 23.0 Å². The van der Waals surface area contributed by atoms with Gasteiger partial charge in [-0.1, -0.05) is 60.7 Å². The molecule has 0 fully saturated rings. The predicted octanol–water partition coefficient (Wildman–Crippen LogP) is 6.37. The number of hydrogen-bond donors (Lipinski definition) is 0. The van der Waals surface area contributed by atoms with Gasteiger partial charge in [-0.15, -0.1) is 0 Å². The van der Waals surface area contributed by atoms with Crippen LogP contribution in [0.1, 0.15) is 37.1 Å². The van der Waals surface area contributed by atoms with E-state index in [-0.39, 0.29) is 23.5 Å². The van der Waals surface area contributed by atoms with Crippen LogP contribution < -0.4 is 9.80 Å². The first kappa shape index (κ1) is 27.7. The molecule has 38 heavy (non-hydrogen) atoms. The Morgan fingerprint density at radius 2 is 0.947 bits per heavy atom. The van der Waals surface area contributed by atoms with Crippen molar-refractivity contribution in [2.45, 2.75) is 25.9 Å². The summed E-state index contributed by atoms with van der Waals surface area (Å²) in [6.45, 7) is 4.14. The molecule has 0 aliphatic heterocycles. The standard InChI is InChI=1S/2C14H15N3O2/c2*1-11(12-6-4-3-5-7-12)16(2)14-9-8-13(10-15-14)17(18)19/h2*3-11H,1-2H3/t2*11-/m00/s1. The van der Waals surface area contributed by atoms with Gasteiger partial charge in [-0.3, -0.25) is 20.2 Å². The summed E-state index contributed by atoms with van der Waals surface area (Å²) in [4.78, 5) is 32.5. The molecule has 4 rings (SSSR count). The molecule has 0 bridgehead atoms. The van der Waals surface area contributed by atoms with E-state index in [0.717, 1.165) is 0 Å². The highest BCUT2D eigenvalue weighted by Gasteiger charge is 2.15. The molecule has 10 nitrogen and oxygen atoms in total. The van der Waals surface area contributed by atoms with E-state index in [1.807, 2.05) is 84.6 Å². The summed E-state index contributed by atoms with van der Waals surface area (Å²) >= 11 is 0. The molecule has 2 aromatic carbocycles. The molecule has 196 valence electrons. The lowest BCUT2D eigenvalue weighted by atomic mass is 10.1. The molecule has 0 N–H and O–H groups in total. The Kier molecular flexibility index (Phi) is 9.42. The highest BCUT2D eigenvalue weighted by molar-refractivity contribution is 5.45. The van der Waals surface area contributed by atoms with Gasteiger partial charge in [0.1, 0.15) is 24.0 Å². The molecular weight excluding hydrogens is 484 g/mol. The highest BCUT2D eigenvalue weighted by Crippen LogP contribution is 2.25. The Bertz CT molecular complexity index is 1210. The zero-order chi connectivity index (χ0) is 27.7. The molecule has 10 heteroatoms. The number of nitrogens with zero attached hydrogens (tertiary/aromatic N) is 6. The van der Waals surface area contributed by atoms with Crippen molar-refractivity contribution < 1.29 is 9.85 Å². The van der Waals surface area contributed by atoms with Gasteiger partial charge in [-0.25, -0.2) is 9.97 Å². The molecule has 0 aliphatic rings. The lowest BCUT2D eigenvalue weighted by Crippen LogP contribution is -2.22. The summed E-state index contributed by atoms with van der Waals surface area (Å²) < 4.78 is 0. The van der Waals surface area contributed by atoms with Crippen molar-refractivity contribution in [1.82, 2.24) is 9.97 Å². The zero-order valence-corrected chi connectivity index (χ0v) is 21.7. The fourth-order valence-electron chi connectivity index (χ4n) is 3.70. The third-order valence-electron chi connectivity index (χ3n) is 6.33. The maximum absolute atomic E-state index is 10.6. The molecule has 2 heterocycles. The largest absolute Gasteiger partial charge is 0.353 e. The Balaban J connectivity index is 0.000000211. The van der Waals surface area contributed by atoms with Crippen LogP contribution in [0.3, 0.4) is 0 Å². The van der Waals surface area contributed by atoms with E-state index in [1.54, 1.807) is 12.1 Å². The Morgan fingerprint density at radius 3 is 1.21 bits per heavy atom. The first-order valence-corrected chi connectivity index (χ1v) is 12.0. The summed E-state index contributed by atoms with van der Waals surface area (Å²) in [7, 11) is 3.84. The second kappa shape index (κ2) is 12.9. The molecule has 0 unspecified atom stereocenters. The Morgan fingerprint density at radius 1 is 0.605 bits per heavy atom. The van der Waals surface area contributed by atoms with E-state index in [9.17, 15) is 20.2 Å². The number of pyridine rings is 2. The van der Waals surface area contributed by atoms with Gasteiger partial charge in [0.05, 0.1) is 21.9 Å². The maximum Gasteiger partial charge on any atom is 0.287 e. The second-order valence-electron chi connectivity index (χ2n) is 8.66. The summed E-state index contributed by atoms with van der Waals surface area (Å²) in [5.41, 5.74) is 2.35. The van der Waals surface area contributed by atoms with E-state index >= 15 is 0 Å². The van der Waals surface area contributed by atoms with Gasteiger partial charge in [0.2, 0.25) is 0 Å². The summed E-state index contributed by atoms with van der Waals surface area (Å²) in [5, 5.41) is 21.2. The number of hydrogen-bond acceptors (Lipinski definition) is 8. The highest BCUT2D eigenvalue weighted by atomic mass is 16.6. The molecule has 0 radical (unpaired) electrons. The van der Waals surface area contributed by atoms with Crippen molar-refractivity contribution in [3.05, 3.63) is 129 Å². The van der Waals surface area contributed by atoms with Gasteiger partial charge < -0.3 is 9.80 Å². The van der Waals surface area contributed by atoms with Crippen LogP contribution in [-0.4, -0.2) is 33.9 Å². The maximum atomic E-state index is 10.6. The van der Waals surface area contributed by atoms with Crippen molar-refractivity contribution in [2.24, 2.45) is 0 Å². The SMILES string of the molecule is C[C@@H](c1ccccc1)N(C)c1ccc([N+](=O)[O-])cn1.C[C@@H](c1ccccc1)N(C)c1ccc([N+](=O)[O-])cn1. The third-order valence-corrected chi connectivity index (χ3v) is 6.33. The summed E-state index contributed by atoms with van der Waals surface area (Å²) in [6.07, 6.45) is 2.56. The molecule has 2 atom stereocenters. The Labute approximate surface area is 221 Å². The van der Waals surface area contributed by atoms with Gasteiger partial charge in [0.25, 0.3) is 11.4 Å². The average Bonchev–Trinajstić information content (AvgIpc) is 2.97. The molecule has 4 aromatic rings. The van der Waals surface area contributed by atoms with Gasteiger partial charge >= 0.3 is 0 Å². The second-order valence-corrected chi connectivity index (χ2v) is 8.66. The normalized spacial score (nSPS) is 11.9. The minimum atomic E-state index is -0.447. The van der Waals surface area contributed by atoms with Crippen LogP contribution in [-0.2, 0) is 0 Å². The van der Waals surface area contributed by atoms with Crippen LogP contribution in [0.2, 0.25) is 0 Å². The molecule has 0 aliphatic carbocycles. The van der Waals surface area contributed by atoms with Crippen molar-refractivity contribution in [3.8, 4) is 0 Å². The van der Waals surface area contributed by atoms with E-state index in [1.165, 1.54) is 35.7 Å². The van der Waals surface area contributed by atoms with Crippen LogP contribution in [0.5, 0.6) is 0 Å². The number of benzene rings is 2. The van der Waals surface area contributed by atoms with Gasteiger partial charge in [-0.2, -0.15) is 0 Å².